The van der Waals surface area contributed by atoms with Crippen molar-refractivity contribution in [2.75, 3.05) is 5.32 Å². The number of nitrogens with zero attached hydrogens (tertiary/aromatic N) is 2. The van der Waals surface area contributed by atoms with Gasteiger partial charge in [0.1, 0.15) is 5.65 Å². The molecule has 0 unspecified atom stereocenters. The Morgan fingerprint density at radius 2 is 1.77 bits per heavy atom. The molecule has 2 aromatic carbocycles. The Bertz CT molecular complexity index is 1330. The van der Waals surface area contributed by atoms with Crippen LogP contribution in [0, 0.1) is 6.92 Å². The summed E-state index contributed by atoms with van der Waals surface area (Å²) < 4.78 is 24.6. The average Bonchev–Trinajstić information content (AvgIpc) is 3.14. The lowest BCUT2D eigenvalue weighted by atomic mass is 10.1. The number of hydrogen-bond acceptors (Lipinski definition) is 4. The number of benzene rings is 2. The van der Waals surface area contributed by atoms with Crippen LogP contribution in [0.5, 0.6) is 0 Å². The number of carbonyl (C=O) groups excluding carboxylic acids is 1. The highest BCUT2D eigenvalue weighted by atomic mass is 32.2. The summed E-state index contributed by atoms with van der Waals surface area (Å²) in [5.74, 6) is -0.200. The van der Waals surface area contributed by atoms with Crippen LogP contribution in [0.4, 0.5) is 5.69 Å². The molecule has 2 aromatic heterocycles. The van der Waals surface area contributed by atoms with Gasteiger partial charge in [0.15, 0.2) is 0 Å². The molecule has 2 heterocycles. The molecule has 4 rings (SSSR count). The average molecular weight is 420 g/mol. The van der Waals surface area contributed by atoms with Crippen LogP contribution in [0.15, 0.2) is 78.0 Å². The van der Waals surface area contributed by atoms with Gasteiger partial charge in [0.05, 0.1) is 17.0 Å². The number of carbonyl (C=O) groups is 1. The van der Waals surface area contributed by atoms with E-state index in [-0.39, 0.29) is 17.2 Å². The van der Waals surface area contributed by atoms with Gasteiger partial charge in [-0.2, -0.15) is 0 Å². The Morgan fingerprint density at radius 1 is 1.07 bits per heavy atom. The highest BCUT2D eigenvalue weighted by Gasteiger charge is 2.10. The van der Waals surface area contributed by atoms with Crippen molar-refractivity contribution in [3.05, 3.63) is 84.2 Å². The van der Waals surface area contributed by atoms with Crippen molar-refractivity contribution in [2.45, 2.75) is 18.2 Å². The number of rotatable bonds is 5. The number of primary sulfonamides is 1. The summed E-state index contributed by atoms with van der Waals surface area (Å²) in [5, 5.41) is 7.92. The van der Waals surface area contributed by atoms with E-state index in [4.69, 9.17) is 5.14 Å². The number of pyridine rings is 1. The third-order valence-electron chi connectivity index (χ3n) is 4.76. The Hall–Kier alpha value is -3.49. The number of anilines is 1. The lowest BCUT2D eigenvalue weighted by molar-refractivity contribution is -0.115. The molecule has 0 aliphatic carbocycles. The first-order valence-corrected chi connectivity index (χ1v) is 10.8. The van der Waals surface area contributed by atoms with E-state index in [1.54, 1.807) is 12.1 Å². The third-order valence-corrected chi connectivity index (χ3v) is 5.69. The zero-order valence-corrected chi connectivity index (χ0v) is 17.1. The second-order valence-electron chi connectivity index (χ2n) is 7.04. The van der Waals surface area contributed by atoms with Crippen molar-refractivity contribution < 1.29 is 13.2 Å². The van der Waals surface area contributed by atoms with Gasteiger partial charge < -0.3 is 9.72 Å². The summed E-state index contributed by atoms with van der Waals surface area (Å²) >= 11 is 0. The highest BCUT2D eigenvalue weighted by molar-refractivity contribution is 7.89. The zero-order valence-electron chi connectivity index (χ0n) is 16.2. The zero-order chi connectivity index (χ0) is 21.3. The molecular weight excluding hydrogens is 400 g/mol. The molecule has 30 heavy (non-hydrogen) atoms. The summed E-state index contributed by atoms with van der Waals surface area (Å²) in [4.78, 5) is 17.0. The smallest absolute Gasteiger partial charge is 0.238 e. The normalized spacial score (nSPS) is 11.5. The first-order chi connectivity index (χ1) is 14.3. The van der Waals surface area contributed by atoms with Gasteiger partial charge in [-0.05, 0) is 48.4 Å². The van der Waals surface area contributed by atoms with Gasteiger partial charge in [-0.1, -0.05) is 30.3 Å². The maximum Gasteiger partial charge on any atom is 0.238 e. The minimum atomic E-state index is -3.74. The Labute approximate surface area is 174 Å². The fraction of sp³-hybridized carbons (Fsp3) is 0.0909. The van der Waals surface area contributed by atoms with Crippen molar-refractivity contribution >= 4 is 27.3 Å². The molecule has 7 nitrogen and oxygen atoms in total. The summed E-state index contributed by atoms with van der Waals surface area (Å²) in [7, 11) is -3.74. The number of nitrogens with one attached hydrogen (secondary N) is 1. The fourth-order valence-electron chi connectivity index (χ4n) is 3.20. The largest absolute Gasteiger partial charge is 0.326 e. The molecule has 3 N–H and O–H groups in total. The minimum Gasteiger partial charge on any atom is -0.326 e. The predicted molar refractivity (Wildman–Crippen MR) is 116 cm³/mol. The molecular formula is C22H20N4O3S. The van der Waals surface area contributed by atoms with E-state index >= 15 is 0 Å². The Kier molecular flexibility index (Phi) is 5.11. The summed E-state index contributed by atoms with van der Waals surface area (Å²) in [6, 6.07) is 17.4. The molecule has 0 spiro atoms. The molecule has 0 radical (unpaired) electrons. The van der Waals surface area contributed by atoms with E-state index < -0.39 is 10.0 Å². The monoisotopic (exact) mass is 420 g/mol. The second-order valence-corrected chi connectivity index (χ2v) is 8.60. The van der Waals surface area contributed by atoms with Crippen molar-refractivity contribution in [1.29, 1.82) is 0 Å². The van der Waals surface area contributed by atoms with Crippen LogP contribution < -0.4 is 10.5 Å². The standard InChI is InChI=1S/C22H20N4O3S/c1-15-3-2-12-26-14-20(25-22(15)26)17-6-8-18(9-7-17)24-21(27)13-16-4-10-19(11-5-16)30(23,28)29/h2-12,14H,13H2,1H3,(H,24,27)(H2,23,28,29). The van der Waals surface area contributed by atoms with Crippen LogP contribution in [0.3, 0.4) is 0 Å². The highest BCUT2D eigenvalue weighted by Crippen LogP contribution is 2.22. The van der Waals surface area contributed by atoms with Crippen molar-refractivity contribution in [1.82, 2.24) is 9.38 Å². The van der Waals surface area contributed by atoms with Crippen LogP contribution in [0.1, 0.15) is 11.1 Å². The van der Waals surface area contributed by atoms with Crippen molar-refractivity contribution in [2.24, 2.45) is 5.14 Å². The van der Waals surface area contributed by atoms with E-state index in [9.17, 15) is 13.2 Å². The molecule has 0 bridgehead atoms. The van der Waals surface area contributed by atoms with E-state index in [1.807, 2.05) is 60.1 Å². The number of aryl methyl sites for hydroxylation is 1. The quantitative estimate of drug-likeness (QED) is 0.517. The Balaban J connectivity index is 1.44. The molecule has 0 atom stereocenters. The number of fused-ring (bicyclic) bond motifs is 1. The number of amides is 1. The second kappa shape index (κ2) is 7.74. The number of hydrogen-bond donors (Lipinski definition) is 2. The molecule has 0 aliphatic rings. The molecule has 152 valence electrons. The topological polar surface area (TPSA) is 107 Å². The molecule has 0 saturated carbocycles. The molecule has 4 aromatic rings. The van der Waals surface area contributed by atoms with E-state index in [0.29, 0.717) is 11.3 Å². The summed E-state index contributed by atoms with van der Waals surface area (Å²) in [5.41, 5.74) is 5.19. The molecule has 0 saturated heterocycles. The first kappa shape index (κ1) is 19.8. The predicted octanol–water partition coefficient (Wildman–Crippen LogP) is 3.14. The SMILES string of the molecule is Cc1cccn2cc(-c3ccc(NC(=O)Cc4ccc(S(N)(=O)=O)cc4)cc3)nc12. The fourth-order valence-corrected chi connectivity index (χ4v) is 3.72. The molecule has 0 aliphatic heterocycles. The van der Waals surface area contributed by atoms with Crippen LogP contribution in [0.2, 0.25) is 0 Å². The Morgan fingerprint density at radius 3 is 2.40 bits per heavy atom. The molecule has 8 heteroatoms. The van der Waals surface area contributed by atoms with Crippen LogP contribution in [-0.2, 0) is 21.2 Å². The molecule has 1 amide bonds. The van der Waals surface area contributed by atoms with Crippen LogP contribution in [0.25, 0.3) is 16.9 Å². The molecule has 0 fully saturated rings. The van der Waals surface area contributed by atoms with E-state index in [1.165, 1.54) is 12.1 Å². The maximum absolute atomic E-state index is 12.3. The van der Waals surface area contributed by atoms with Crippen molar-refractivity contribution in [3.63, 3.8) is 0 Å². The number of nitrogens with two attached hydrogens (primary N) is 1. The summed E-state index contributed by atoms with van der Waals surface area (Å²) in [6.07, 6.45) is 4.06. The first-order valence-electron chi connectivity index (χ1n) is 9.26. The number of sulfonamides is 1. The van der Waals surface area contributed by atoms with Crippen molar-refractivity contribution in [3.8, 4) is 11.3 Å². The van der Waals surface area contributed by atoms with Gasteiger partial charge in [0.25, 0.3) is 0 Å². The maximum atomic E-state index is 12.3. The van der Waals surface area contributed by atoms with Gasteiger partial charge in [-0.15, -0.1) is 0 Å². The van der Waals surface area contributed by atoms with Crippen LogP contribution in [-0.4, -0.2) is 23.7 Å². The summed E-state index contributed by atoms with van der Waals surface area (Å²) in [6.45, 7) is 2.02. The third kappa shape index (κ3) is 4.24. The van der Waals surface area contributed by atoms with Gasteiger partial charge in [-0.3, -0.25) is 4.79 Å². The van der Waals surface area contributed by atoms with Gasteiger partial charge in [-0.25, -0.2) is 18.5 Å². The lowest BCUT2D eigenvalue weighted by Gasteiger charge is -2.07. The lowest BCUT2D eigenvalue weighted by Crippen LogP contribution is -2.15. The number of aromatic nitrogens is 2. The van der Waals surface area contributed by atoms with Gasteiger partial charge >= 0.3 is 0 Å². The van der Waals surface area contributed by atoms with Gasteiger partial charge in [0.2, 0.25) is 15.9 Å². The van der Waals surface area contributed by atoms with E-state index in [0.717, 1.165) is 22.5 Å². The van der Waals surface area contributed by atoms with E-state index in [2.05, 4.69) is 10.3 Å². The van der Waals surface area contributed by atoms with Crippen LogP contribution >= 0.6 is 0 Å². The minimum absolute atomic E-state index is 0.0180. The van der Waals surface area contributed by atoms with Gasteiger partial charge in [0, 0.05) is 23.6 Å². The number of imidazole rings is 1.